The van der Waals surface area contributed by atoms with E-state index in [1.54, 1.807) is 36.5 Å². The van der Waals surface area contributed by atoms with Crippen LogP contribution in [0.5, 0.6) is 5.75 Å². The molecular weight excluding hydrogens is 240 g/mol. The summed E-state index contributed by atoms with van der Waals surface area (Å²) in [7, 11) is 0. The number of ether oxygens (including phenoxy) is 1. The first kappa shape index (κ1) is 12.4. The maximum Gasteiger partial charge on any atom is 0.147 e. The SMILES string of the molecule is N#Cc1cc(N)ccc1OCc1cccnc1C#N. The van der Waals surface area contributed by atoms with Crippen LogP contribution in [0, 0.1) is 22.7 Å². The van der Waals surface area contributed by atoms with Crippen LogP contribution in [-0.2, 0) is 6.61 Å². The minimum Gasteiger partial charge on any atom is -0.487 e. The number of anilines is 1. The molecule has 0 atom stereocenters. The lowest BCUT2D eigenvalue weighted by Gasteiger charge is -2.08. The van der Waals surface area contributed by atoms with Crippen molar-refractivity contribution in [2.75, 3.05) is 5.73 Å². The van der Waals surface area contributed by atoms with Gasteiger partial charge in [-0.05, 0) is 24.3 Å². The molecule has 19 heavy (non-hydrogen) atoms. The Balaban J connectivity index is 2.20. The summed E-state index contributed by atoms with van der Waals surface area (Å²) in [4.78, 5) is 3.94. The van der Waals surface area contributed by atoms with Gasteiger partial charge in [0.2, 0.25) is 0 Å². The number of aromatic nitrogens is 1. The first-order valence-electron chi connectivity index (χ1n) is 5.51. The van der Waals surface area contributed by atoms with Gasteiger partial charge in [-0.3, -0.25) is 0 Å². The van der Waals surface area contributed by atoms with Gasteiger partial charge in [-0.15, -0.1) is 0 Å². The van der Waals surface area contributed by atoms with Gasteiger partial charge in [0, 0.05) is 17.4 Å². The molecule has 0 amide bonds. The summed E-state index contributed by atoms with van der Waals surface area (Å²) in [5, 5.41) is 17.9. The second-order valence-corrected chi connectivity index (χ2v) is 3.78. The zero-order valence-corrected chi connectivity index (χ0v) is 10.00. The van der Waals surface area contributed by atoms with Crippen molar-refractivity contribution >= 4 is 5.69 Å². The summed E-state index contributed by atoms with van der Waals surface area (Å²) in [6.07, 6.45) is 1.55. The second kappa shape index (κ2) is 5.52. The fourth-order valence-electron chi connectivity index (χ4n) is 1.57. The van der Waals surface area contributed by atoms with Crippen LogP contribution >= 0.6 is 0 Å². The van der Waals surface area contributed by atoms with Crippen LogP contribution in [0.3, 0.4) is 0 Å². The lowest BCUT2D eigenvalue weighted by Crippen LogP contribution is -2.01. The quantitative estimate of drug-likeness (QED) is 0.840. The zero-order valence-electron chi connectivity index (χ0n) is 10.00. The van der Waals surface area contributed by atoms with Crippen molar-refractivity contribution in [3.8, 4) is 17.9 Å². The van der Waals surface area contributed by atoms with E-state index in [1.165, 1.54) is 0 Å². The molecule has 0 spiro atoms. The molecule has 0 aliphatic rings. The molecule has 0 bridgehead atoms. The predicted molar refractivity (Wildman–Crippen MR) is 68.9 cm³/mol. The Labute approximate surface area is 110 Å². The lowest BCUT2D eigenvalue weighted by molar-refractivity contribution is 0.304. The topological polar surface area (TPSA) is 95.7 Å². The van der Waals surface area contributed by atoms with Gasteiger partial charge in [0.05, 0.1) is 5.56 Å². The molecule has 2 aromatic rings. The minimum atomic E-state index is 0.176. The minimum absolute atomic E-state index is 0.176. The molecule has 0 aliphatic carbocycles. The highest BCUT2D eigenvalue weighted by Crippen LogP contribution is 2.21. The summed E-state index contributed by atoms with van der Waals surface area (Å²) in [5.41, 5.74) is 7.45. The van der Waals surface area contributed by atoms with Gasteiger partial charge in [0.25, 0.3) is 0 Å². The van der Waals surface area contributed by atoms with Crippen LogP contribution in [0.1, 0.15) is 16.8 Å². The van der Waals surface area contributed by atoms with Crippen molar-refractivity contribution in [3.63, 3.8) is 0 Å². The largest absolute Gasteiger partial charge is 0.487 e. The Hall–Kier alpha value is -3.05. The van der Waals surface area contributed by atoms with E-state index in [-0.39, 0.29) is 6.61 Å². The molecule has 0 radical (unpaired) electrons. The molecule has 0 saturated heterocycles. The Bertz CT molecular complexity index is 683. The van der Waals surface area contributed by atoms with Crippen LogP contribution in [0.2, 0.25) is 0 Å². The smallest absolute Gasteiger partial charge is 0.147 e. The van der Waals surface area contributed by atoms with E-state index in [2.05, 4.69) is 4.98 Å². The molecule has 92 valence electrons. The van der Waals surface area contributed by atoms with Gasteiger partial charge in [-0.25, -0.2) is 4.98 Å². The summed E-state index contributed by atoms with van der Waals surface area (Å²) >= 11 is 0. The average molecular weight is 250 g/mol. The average Bonchev–Trinajstić information content (AvgIpc) is 2.46. The van der Waals surface area contributed by atoms with Crippen LogP contribution < -0.4 is 10.5 Å². The maximum atomic E-state index is 8.99. The number of nitrogen functional groups attached to an aromatic ring is 1. The highest BCUT2D eigenvalue weighted by Gasteiger charge is 2.07. The van der Waals surface area contributed by atoms with Crippen molar-refractivity contribution in [2.24, 2.45) is 0 Å². The molecule has 5 nitrogen and oxygen atoms in total. The van der Waals surface area contributed by atoms with Gasteiger partial charge < -0.3 is 10.5 Å². The van der Waals surface area contributed by atoms with E-state index in [9.17, 15) is 0 Å². The van der Waals surface area contributed by atoms with Crippen LogP contribution in [-0.4, -0.2) is 4.98 Å². The number of nitrogens with zero attached hydrogens (tertiary/aromatic N) is 3. The monoisotopic (exact) mass is 250 g/mol. The van der Waals surface area contributed by atoms with E-state index in [0.717, 1.165) is 0 Å². The van der Waals surface area contributed by atoms with E-state index in [4.69, 9.17) is 21.0 Å². The van der Waals surface area contributed by atoms with Gasteiger partial charge >= 0.3 is 0 Å². The van der Waals surface area contributed by atoms with Crippen LogP contribution in [0.15, 0.2) is 36.5 Å². The summed E-state index contributed by atoms with van der Waals surface area (Å²) < 4.78 is 5.54. The summed E-state index contributed by atoms with van der Waals surface area (Å²) in [6.45, 7) is 0.176. The van der Waals surface area contributed by atoms with Crippen LogP contribution in [0.25, 0.3) is 0 Å². The third-order valence-electron chi connectivity index (χ3n) is 2.50. The van der Waals surface area contributed by atoms with Crippen molar-refractivity contribution < 1.29 is 4.74 Å². The van der Waals surface area contributed by atoms with Gasteiger partial charge in [0.1, 0.15) is 30.2 Å². The van der Waals surface area contributed by atoms with E-state index in [0.29, 0.717) is 28.3 Å². The lowest BCUT2D eigenvalue weighted by atomic mass is 10.2. The van der Waals surface area contributed by atoms with Gasteiger partial charge in [0.15, 0.2) is 0 Å². The molecule has 2 N–H and O–H groups in total. The maximum absolute atomic E-state index is 8.99. The molecule has 0 saturated carbocycles. The number of benzene rings is 1. The van der Waals surface area contributed by atoms with Crippen molar-refractivity contribution in [1.29, 1.82) is 10.5 Å². The molecule has 2 rings (SSSR count). The highest BCUT2D eigenvalue weighted by molar-refractivity contribution is 5.53. The Morgan fingerprint density at radius 1 is 1.21 bits per heavy atom. The fourth-order valence-corrected chi connectivity index (χ4v) is 1.57. The predicted octanol–water partition coefficient (Wildman–Crippen LogP) is 1.99. The Kier molecular flexibility index (Phi) is 3.61. The van der Waals surface area contributed by atoms with Crippen molar-refractivity contribution in [3.05, 3.63) is 53.3 Å². The molecule has 5 heteroatoms. The van der Waals surface area contributed by atoms with Gasteiger partial charge in [-0.1, -0.05) is 6.07 Å². The van der Waals surface area contributed by atoms with E-state index < -0.39 is 0 Å². The third-order valence-corrected chi connectivity index (χ3v) is 2.50. The van der Waals surface area contributed by atoms with Gasteiger partial charge in [-0.2, -0.15) is 10.5 Å². The van der Waals surface area contributed by atoms with E-state index in [1.807, 2.05) is 12.1 Å². The third kappa shape index (κ3) is 2.80. The van der Waals surface area contributed by atoms with Crippen LogP contribution in [0.4, 0.5) is 5.69 Å². The molecule has 1 heterocycles. The standard InChI is InChI=1S/C14H10N4O/c15-7-11-6-12(17)3-4-14(11)19-9-10-2-1-5-18-13(10)8-16/h1-6H,9,17H2. The zero-order chi connectivity index (χ0) is 13.7. The second-order valence-electron chi connectivity index (χ2n) is 3.78. The number of rotatable bonds is 3. The Morgan fingerprint density at radius 2 is 2.05 bits per heavy atom. The molecule has 1 aromatic carbocycles. The normalized spacial score (nSPS) is 9.37. The fraction of sp³-hybridized carbons (Fsp3) is 0.0714. The molecule has 0 unspecified atom stereocenters. The number of hydrogen-bond acceptors (Lipinski definition) is 5. The molecule has 0 fully saturated rings. The number of pyridine rings is 1. The van der Waals surface area contributed by atoms with Crippen molar-refractivity contribution in [2.45, 2.75) is 6.61 Å². The van der Waals surface area contributed by atoms with Crippen molar-refractivity contribution in [1.82, 2.24) is 4.98 Å². The van der Waals surface area contributed by atoms with E-state index >= 15 is 0 Å². The number of nitriles is 2. The molecule has 1 aromatic heterocycles. The first-order chi connectivity index (χ1) is 9.24. The first-order valence-corrected chi connectivity index (χ1v) is 5.51. The Morgan fingerprint density at radius 3 is 2.79 bits per heavy atom. The molecular formula is C14H10N4O. The summed E-state index contributed by atoms with van der Waals surface area (Å²) in [6, 6.07) is 12.3. The highest BCUT2D eigenvalue weighted by atomic mass is 16.5. The number of hydrogen-bond donors (Lipinski definition) is 1. The summed E-state index contributed by atoms with van der Waals surface area (Å²) in [5.74, 6) is 0.435. The molecule has 0 aliphatic heterocycles. The number of nitrogens with two attached hydrogens (primary N) is 1.